The summed E-state index contributed by atoms with van der Waals surface area (Å²) in [5.74, 6) is 1.56. The fourth-order valence-corrected chi connectivity index (χ4v) is 1.63. The number of anilines is 1. The lowest BCUT2D eigenvalue weighted by Crippen LogP contribution is -1.90. The highest BCUT2D eigenvalue weighted by Gasteiger charge is 2.07. The first kappa shape index (κ1) is 10.5. The Balaban J connectivity index is 2.43. The van der Waals surface area contributed by atoms with E-state index < -0.39 is 0 Å². The third-order valence-corrected chi connectivity index (χ3v) is 2.47. The van der Waals surface area contributed by atoms with Gasteiger partial charge in [-0.25, -0.2) is 4.98 Å². The molecule has 16 heavy (non-hydrogen) atoms. The number of nitrogens with two attached hydrogens (primary N) is 1. The summed E-state index contributed by atoms with van der Waals surface area (Å²) in [5.41, 5.74) is 7.53. The van der Waals surface area contributed by atoms with Gasteiger partial charge in [0.15, 0.2) is 5.76 Å². The van der Waals surface area contributed by atoms with Crippen LogP contribution in [0.5, 0.6) is 5.75 Å². The zero-order chi connectivity index (χ0) is 11.5. The molecular weight excluding hydrogens is 204 g/mol. The van der Waals surface area contributed by atoms with Gasteiger partial charge in [-0.3, -0.25) is 0 Å². The van der Waals surface area contributed by atoms with Crippen molar-refractivity contribution in [3.8, 4) is 17.1 Å². The summed E-state index contributed by atoms with van der Waals surface area (Å²) in [5, 5.41) is 0. The number of nitrogens with zero attached hydrogens (tertiary/aromatic N) is 1. The number of aryl methyl sites for hydroxylation is 1. The van der Waals surface area contributed by atoms with Crippen LogP contribution in [0.25, 0.3) is 11.3 Å². The highest BCUT2D eigenvalue weighted by atomic mass is 16.5. The van der Waals surface area contributed by atoms with Crippen molar-refractivity contribution in [2.24, 2.45) is 0 Å². The maximum absolute atomic E-state index is 5.44. The molecule has 0 saturated carbocycles. The summed E-state index contributed by atoms with van der Waals surface area (Å²) in [7, 11) is 1.67. The lowest BCUT2D eigenvalue weighted by molar-refractivity contribution is 0.410. The van der Waals surface area contributed by atoms with E-state index in [9.17, 15) is 0 Å². The Morgan fingerprint density at radius 1 is 1.44 bits per heavy atom. The van der Waals surface area contributed by atoms with E-state index in [1.54, 1.807) is 13.3 Å². The van der Waals surface area contributed by atoms with E-state index in [1.807, 2.05) is 18.2 Å². The van der Waals surface area contributed by atoms with Crippen molar-refractivity contribution in [3.63, 3.8) is 0 Å². The summed E-state index contributed by atoms with van der Waals surface area (Å²) < 4.78 is 10.5. The molecule has 0 bridgehead atoms. The van der Waals surface area contributed by atoms with E-state index in [2.05, 4.69) is 11.9 Å². The van der Waals surface area contributed by atoms with Gasteiger partial charge in [0.25, 0.3) is 6.01 Å². The summed E-state index contributed by atoms with van der Waals surface area (Å²) >= 11 is 0. The number of nitrogen functional groups attached to an aromatic ring is 1. The van der Waals surface area contributed by atoms with Crippen LogP contribution in [0.15, 0.2) is 28.8 Å². The first-order valence-corrected chi connectivity index (χ1v) is 5.13. The maximum atomic E-state index is 5.44. The van der Waals surface area contributed by atoms with Crippen molar-refractivity contribution < 1.29 is 9.15 Å². The highest BCUT2D eigenvalue weighted by Crippen LogP contribution is 2.27. The average Bonchev–Trinajstić information content (AvgIpc) is 2.75. The zero-order valence-electron chi connectivity index (χ0n) is 9.36. The van der Waals surface area contributed by atoms with E-state index in [1.165, 1.54) is 0 Å². The number of oxazole rings is 1. The molecule has 0 aliphatic rings. The van der Waals surface area contributed by atoms with Crippen molar-refractivity contribution in [2.45, 2.75) is 13.3 Å². The number of methoxy groups -OCH3 is 1. The highest BCUT2D eigenvalue weighted by molar-refractivity contribution is 5.60. The molecule has 0 aliphatic heterocycles. The molecule has 1 aromatic heterocycles. The average molecular weight is 218 g/mol. The van der Waals surface area contributed by atoms with Gasteiger partial charge in [-0.05, 0) is 30.2 Å². The van der Waals surface area contributed by atoms with E-state index in [-0.39, 0.29) is 6.01 Å². The van der Waals surface area contributed by atoms with Gasteiger partial charge in [0.05, 0.1) is 13.3 Å². The molecule has 0 fully saturated rings. The molecule has 0 aliphatic carbocycles. The number of aromatic nitrogens is 1. The standard InChI is InChI=1S/C12H14N2O2/c1-3-8-6-9(4-5-10(8)15-2)11-7-14-12(13)16-11/h4-7H,3H2,1-2H3,(H2,13,14). The largest absolute Gasteiger partial charge is 0.496 e. The predicted molar refractivity (Wildman–Crippen MR) is 62.3 cm³/mol. The SMILES string of the molecule is CCc1cc(-c2cnc(N)o2)ccc1OC. The number of rotatable bonds is 3. The zero-order valence-corrected chi connectivity index (χ0v) is 9.36. The molecule has 84 valence electrons. The molecule has 0 unspecified atom stereocenters. The first-order chi connectivity index (χ1) is 7.74. The van der Waals surface area contributed by atoms with Crippen molar-refractivity contribution in [3.05, 3.63) is 30.0 Å². The molecule has 0 atom stereocenters. The van der Waals surface area contributed by atoms with Crippen molar-refractivity contribution in [1.29, 1.82) is 0 Å². The second-order valence-electron chi connectivity index (χ2n) is 3.44. The van der Waals surface area contributed by atoms with E-state index in [0.29, 0.717) is 5.76 Å². The van der Waals surface area contributed by atoms with Crippen LogP contribution in [0.3, 0.4) is 0 Å². The van der Waals surface area contributed by atoms with Gasteiger partial charge in [0, 0.05) is 5.56 Å². The monoisotopic (exact) mass is 218 g/mol. The molecule has 2 N–H and O–H groups in total. The van der Waals surface area contributed by atoms with Gasteiger partial charge in [-0.15, -0.1) is 0 Å². The van der Waals surface area contributed by atoms with Crippen LogP contribution in [-0.2, 0) is 6.42 Å². The lowest BCUT2D eigenvalue weighted by atomic mass is 10.1. The van der Waals surface area contributed by atoms with Gasteiger partial charge < -0.3 is 14.9 Å². The predicted octanol–water partition coefficient (Wildman–Crippen LogP) is 2.49. The Morgan fingerprint density at radius 2 is 2.25 bits per heavy atom. The minimum atomic E-state index is 0.184. The molecule has 0 spiro atoms. The minimum absolute atomic E-state index is 0.184. The van der Waals surface area contributed by atoms with Crippen molar-refractivity contribution in [1.82, 2.24) is 4.98 Å². The quantitative estimate of drug-likeness (QED) is 0.859. The Hall–Kier alpha value is -1.97. The van der Waals surface area contributed by atoms with Crippen molar-refractivity contribution >= 4 is 6.01 Å². The normalized spacial score (nSPS) is 10.4. The molecule has 1 heterocycles. The summed E-state index contributed by atoms with van der Waals surface area (Å²) in [6, 6.07) is 6.06. The molecular formula is C12H14N2O2. The summed E-state index contributed by atoms with van der Waals surface area (Å²) in [4.78, 5) is 3.87. The fourth-order valence-electron chi connectivity index (χ4n) is 1.63. The summed E-state index contributed by atoms with van der Waals surface area (Å²) in [6.45, 7) is 2.08. The number of hydrogen-bond donors (Lipinski definition) is 1. The van der Waals surface area contributed by atoms with Crippen molar-refractivity contribution in [2.75, 3.05) is 12.8 Å². The van der Waals surface area contributed by atoms with Crippen LogP contribution in [-0.4, -0.2) is 12.1 Å². The maximum Gasteiger partial charge on any atom is 0.292 e. The third kappa shape index (κ3) is 1.86. The molecule has 4 heteroatoms. The lowest BCUT2D eigenvalue weighted by Gasteiger charge is -2.07. The Kier molecular flexibility index (Phi) is 2.81. The van der Waals surface area contributed by atoms with Gasteiger partial charge in [-0.2, -0.15) is 0 Å². The Bertz CT molecular complexity index is 492. The molecule has 0 radical (unpaired) electrons. The molecule has 0 saturated heterocycles. The van der Waals surface area contributed by atoms with E-state index >= 15 is 0 Å². The molecule has 2 rings (SSSR count). The van der Waals surface area contributed by atoms with Gasteiger partial charge >= 0.3 is 0 Å². The topological polar surface area (TPSA) is 61.3 Å². The molecule has 0 amide bonds. The van der Waals surface area contributed by atoms with Gasteiger partial charge in [-0.1, -0.05) is 6.92 Å². The Labute approximate surface area is 94.1 Å². The second-order valence-corrected chi connectivity index (χ2v) is 3.44. The van der Waals surface area contributed by atoms with E-state index in [4.69, 9.17) is 14.9 Å². The summed E-state index contributed by atoms with van der Waals surface area (Å²) in [6.07, 6.45) is 2.53. The fraction of sp³-hybridized carbons (Fsp3) is 0.250. The Morgan fingerprint density at radius 3 is 2.81 bits per heavy atom. The number of ether oxygens (including phenoxy) is 1. The van der Waals surface area contributed by atoms with Crippen LogP contribution < -0.4 is 10.5 Å². The van der Waals surface area contributed by atoms with Crippen LogP contribution in [0.4, 0.5) is 6.01 Å². The van der Waals surface area contributed by atoms with Gasteiger partial charge in [0.2, 0.25) is 0 Å². The molecule has 4 nitrogen and oxygen atoms in total. The smallest absolute Gasteiger partial charge is 0.292 e. The van der Waals surface area contributed by atoms with Crippen LogP contribution >= 0.6 is 0 Å². The number of benzene rings is 1. The number of hydrogen-bond acceptors (Lipinski definition) is 4. The van der Waals surface area contributed by atoms with Crippen LogP contribution in [0, 0.1) is 0 Å². The van der Waals surface area contributed by atoms with Gasteiger partial charge in [0.1, 0.15) is 5.75 Å². The van der Waals surface area contributed by atoms with Crippen LogP contribution in [0.1, 0.15) is 12.5 Å². The minimum Gasteiger partial charge on any atom is -0.496 e. The third-order valence-electron chi connectivity index (χ3n) is 2.47. The molecule has 1 aromatic carbocycles. The second kappa shape index (κ2) is 4.26. The van der Waals surface area contributed by atoms with Crippen LogP contribution in [0.2, 0.25) is 0 Å². The first-order valence-electron chi connectivity index (χ1n) is 5.13. The van der Waals surface area contributed by atoms with E-state index in [0.717, 1.165) is 23.3 Å². The molecule has 2 aromatic rings.